The molecule has 186 valence electrons. The van der Waals surface area contributed by atoms with E-state index in [0.717, 1.165) is 38.1 Å². The molecule has 0 amide bonds. The third-order valence-electron chi connectivity index (χ3n) is 4.57. The minimum absolute atomic E-state index is 0.0524. The van der Waals surface area contributed by atoms with Crippen LogP contribution < -0.4 is 0 Å². The van der Waals surface area contributed by atoms with Gasteiger partial charge in [0.1, 0.15) is 0 Å². The maximum Gasteiger partial charge on any atom is 0.414 e. The Hall–Kier alpha value is -3.32. The summed E-state index contributed by atoms with van der Waals surface area (Å²) < 4.78 is 6.09. The molecular weight excluding hydrogens is 444 g/mol. The summed E-state index contributed by atoms with van der Waals surface area (Å²) >= 11 is 0. The van der Waals surface area contributed by atoms with E-state index >= 15 is 0 Å². The average Bonchev–Trinajstić information content (AvgIpc) is 3.03. The van der Waals surface area contributed by atoms with E-state index in [1.54, 1.807) is 13.8 Å². The van der Waals surface area contributed by atoms with Crippen LogP contribution in [0.2, 0.25) is 0 Å². The molecule has 0 aromatic carbocycles. The molecule has 2 saturated heterocycles. The number of hydrogen-bond acceptors (Lipinski definition) is 9. The first-order valence-corrected chi connectivity index (χ1v) is 9.93. The monoisotopic (exact) mass is 474 g/mol. The number of nitrogens with zero attached hydrogens (tertiary/aromatic N) is 2. The molecule has 1 spiro atoms. The third-order valence-corrected chi connectivity index (χ3v) is 4.57. The molecular formula is C20H30N2O11. The van der Waals surface area contributed by atoms with Crippen LogP contribution in [0.1, 0.15) is 40.0 Å². The first-order chi connectivity index (χ1) is 15.2. The molecule has 2 aliphatic rings. The number of carbonyl (C=O) groups excluding carboxylic acids is 1. The number of ether oxygens (including phenoxy) is 1. The summed E-state index contributed by atoms with van der Waals surface area (Å²) in [6, 6.07) is 0. The Morgan fingerprint density at radius 2 is 1.48 bits per heavy atom. The van der Waals surface area contributed by atoms with Crippen molar-refractivity contribution in [3.05, 3.63) is 12.2 Å². The molecule has 0 saturated carbocycles. The second-order valence-corrected chi connectivity index (χ2v) is 7.69. The van der Waals surface area contributed by atoms with Gasteiger partial charge in [-0.15, -0.1) is 0 Å². The van der Waals surface area contributed by atoms with Crippen LogP contribution in [-0.4, -0.2) is 92.7 Å². The lowest BCUT2D eigenvalue weighted by atomic mass is 9.88. The number of carboxylic acid groups (broad SMARTS) is 4. The number of hydrogen-bond donors (Lipinski definition) is 4. The van der Waals surface area contributed by atoms with Crippen molar-refractivity contribution in [2.24, 2.45) is 11.1 Å². The van der Waals surface area contributed by atoms with Gasteiger partial charge in [0.25, 0.3) is 0 Å². The van der Waals surface area contributed by atoms with Crippen LogP contribution in [0.5, 0.6) is 0 Å². The van der Waals surface area contributed by atoms with Gasteiger partial charge >= 0.3 is 29.8 Å². The Bertz CT molecular complexity index is 753. The molecule has 0 aromatic rings. The fourth-order valence-electron chi connectivity index (χ4n) is 2.74. The van der Waals surface area contributed by atoms with Gasteiger partial charge in [-0.2, -0.15) is 0 Å². The fourth-order valence-corrected chi connectivity index (χ4v) is 2.74. The van der Waals surface area contributed by atoms with Crippen molar-refractivity contribution in [3.63, 3.8) is 0 Å². The highest BCUT2D eigenvalue weighted by atomic mass is 16.7. The Kier molecular flexibility index (Phi) is 12.6. The second-order valence-electron chi connectivity index (χ2n) is 7.69. The maximum absolute atomic E-state index is 11.4. The van der Waals surface area contributed by atoms with Gasteiger partial charge in [-0.05, 0) is 26.8 Å². The van der Waals surface area contributed by atoms with Crippen LogP contribution >= 0.6 is 0 Å². The van der Waals surface area contributed by atoms with Crippen molar-refractivity contribution in [1.29, 1.82) is 0 Å². The highest BCUT2D eigenvalue weighted by Gasteiger charge is 2.44. The highest BCUT2D eigenvalue weighted by molar-refractivity contribution is 6.27. The van der Waals surface area contributed by atoms with Crippen molar-refractivity contribution < 1.29 is 54.0 Å². The first-order valence-electron chi connectivity index (χ1n) is 9.93. The van der Waals surface area contributed by atoms with Gasteiger partial charge in [-0.1, -0.05) is 19.0 Å². The Balaban J connectivity index is 0.000000606. The summed E-state index contributed by atoms with van der Waals surface area (Å²) in [4.78, 5) is 56.0. The average molecular weight is 474 g/mol. The minimum atomic E-state index is -1.82. The van der Waals surface area contributed by atoms with E-state index in [2.05, 4.69) is 17.1 Å². The SMILES string of the molecule is CC(C)C(=O)O/N=C1/CC2(CCN(C)CC2)OC1C.O=C(O)/C=C\C(=O)O.O=C(O)C(=O)O. The van der Waals surface area contributed by atoms with E-state index in [0.29, 0.717) is 12.2 Å². The number of carboxylic acids is 4. The van der Waals surface area contributed by atoms with Gasteiger partial charge in [0.2, 0.25) is 0 Å². The molecule has 0 radical (unpaired) electrons. The molecule has 4 N–H and O–H groups in total. The van der Waals surface area contributed by atoms with Crippen LogP contribution in [-0.2, 0) is 33.5 Å². The van der Waals surface area contributed by atoms with Gasteiger partial charge in [0, 0.05) is 31.7 Å². The normalized spacial score (nSPS) is 20.5. The molecule has 0 bridgehead atoms. The lowest BCUT2D eigenvalue weighted by Crippen LogP contribution is -2.42. The van der Waals surface area contributed by atoms with Crippen LogP contribution in [0.15, 0.2) is 17.3 Å². The minimum Gasteiger partial charge on any atom is -0.478 e. The van der Waals surface area contributed by atoms with Gasteiger partial charge in [0.05, 0.1) is 23.3 Å². The lowest BCUT2D eigenvalue weighted by molar-refractivity contribution is -0.159. The smallest absolute Gasteiger partial charge is 0.414 e. The van der Waals surface area contributed by atoms with E-state index < -0.39 is 23.9 Å². The van der Waals surface area contributed by atoms with Crippen LogP contribution in [0.4, 0.5) is 0 Å². The zero-order valence-corrected chi connectivity index (χ0v) is 18.9. The van der Waals surface area contributed by atoms with E-state index in [9.17, 15) is 14.4 Å². The molecule has 0 aliphatic carbocycles. The lowest BCUT2D eigenvalue weighted by Gasteiger charge is -2.36. The van der Waals surface area contributed by atoms with Gasteiger partial charge in [0.15, 0.2) is 0 Å². The standard InChI is InChI=1S/C14H24N2O3.C4H4O4.C2H2O4/c1-10(2)13(17)19-15-12-9-14(18-11(12)3)5-7-16(4)8-6-14;5-3(6)1-2-4(7)8;3-1(4)2(5)6/h10-11H,5-9H2,1-4H3;1-2H,(H,5,6)(H,7,8);(H,3,4)(H,5,6)/b15-12-;2-1-;. The summed E-state index contributed by atoms with van der Waals surface area (Å²) in [5.74, 6) is -6.60. The summed E-state index contributed by atoms with van der Waals surface area (Å²) in [7, 11) is 2.13. The Morgan fingerprint density at radius 3 is 1.85 bits per heavy atom. The number of oxime groups is 1. The summed E-state index contributed by atoms with van der Waals surface area (Å²) in [5.41, 5.74) is 0.771. The second kappa shape index (κ2) is 14.0. The van der Waals surface area contributed by atoms with E-state index in [1.807, 2.05) is 6.92 Å². The predicted octanol–water partition coefficient (Wildman–Crippen LogP) is 0.682. The molecule has 2 aliphatic heterocycles. The third kappa shape index (κ3) is 12.3. The zero-order valence-electron chi connectivity index (χ0n) is 18.9. The molecule has 13 heteroatoms. The summed E-state index contributed by atoms with van der Waals surface area (Å²) in [6.45, 7) is 7.68. The predicted molar refractivity (Wildman–Crippen MR) is 113 cm³/mol. The van der Waals surface area contributed by atoms with E-state index in [1.165, 1.54) is 0 Å². The molecule has 13 nitrogen and oxygen atoms in total. The molecule has 2 rings (SSSR count). The van der Waals surface area contributed by atoms with Gasteiger partial charge in [-0.25, -0.2) is 24.0 Å². The molecule has 0 aromatic heterocycles. The zero-order chi connectivity index (χ0) is 25.8. The molecule has 2 heterocycles. The van der Waals surface area contributed by atoms with E-state index in [4.69, 9.17) is 39.6 Å². The van der Waals surface area contributed by atoms with Gasteiger partial charge < -0.3 is 34.9 Å². The van der Waals surface area contributed by atoms with Crippen molar-refractivity contribution in [1.82, 2.24) is 4.90 Å². The summed E-state index contributed by atoms with van der Waals surface area (Å²) in [5, 5.41) is 34.4. The van der Waals surface area contributed by atoms with Crippen LogP contribution in [0.3, 0.4) is 0 Å². The molecule has 2 fully saturated rings. The molecule has 1 atom stereocenters. The number of rotatable bonds is 4. The quantitative estimate of drug-likeness (QED) is 0.192. The van der Waals surface area contributed by atoms with Gasteiger partial charge in [-0.3, -0.25) is 0 Å². The van der Waals surface area contributed by atoms with Crippen molar-refractivity contribution in [2.45, 2.75) is 51.7 Å². The van der Waals surface area contributed by atoms with Crippen molar-refractivity contribution >= 4 is 35.6 Å². The van der Waals surface area contributed by atoms with Crippen molar-refractivity contribution in [3.8, 4) is 0 Å². The topological polar surface area (TPSA) is 200 Å². The van der Waals surface area contributed by atoms with Crippen LogP contribution in [0, 0.1) is 5.92 Å². The largest absolute Gasteiger partial charge is 0.478 e. The maximum atomic E-state index is 11.4. The molecule has 33 heavy (non-hydrogen) atoms. The first kappa shape index (κ1) is 29.7. The molecule has 1 unspecified atom stereocenters. The number of carbonyl (C=O) groups is 5. The summed E-state index contributed by atoms with van der Waals surface area (Å²) in [6.07, 6.45) is 3.89. The Morgan fingerprint density at radius 1 is 1.03 bits per heavy atom. The number of likely N-dealkylation sites (tertiary alicyclic amines) is 1. The number of piperidine rings is 1. The van der Waals surface area contributed by atoms with Crippen LogP contribution in [0.25, 0.3) is 0 Å². The number of aliphatic carboxylic acids is 4. The Labute approximate surface area is 190 Å². The fraction of sp³-hybridized carbons (Fsp3) is 0.600. The van der Waals surface area contributed by atoms with Crippen molar-refractivity contribution in [2.75, 3.05) is 20.1 Å². The van der Waals surface area contributed by atoms with E-state index in [-0.39, 0.29) is 23.6 Å². The highest BCUT2D eigenvalue weighted by Crippen LogP contribution is 2.37.